The Balaban J connectivity index is 1.65. The topological polar surface area (TPSA) is 80.8 Å². The van der Waals surface area contributed by atoms with Crippen LogP contribution in [0.2, 0.25) is 0 Å². The Kier molecular flexibility index (Phi) is 5.82. The van der Waals surface area contributed by atoms with Crippen LogP contribution in [0.1, 0.15) is 37.6 Å². The van der Waals surface area contributed by atoms with Crippen LogP contribution in [0.5, 0.6) is 0 Å². The molecule has 1 aliphatic rings. The second kappa shape index (κ2) is 9.10. The molecule has 0 radical (unpaired) electrons. The molecule has 1 atom stereocenters. The number of hydrogen-bond acceptors (Lipinski definition) is 5. The average Bonchev–Trinajstić information content (AvgIpc) is 3.47. The Morgan fingerprint density at radius 3 is 2.34 bits per heavy atom. The molecule has 0 saturated carbocycles. The maximum atomic E-state index is 12.8. The normalized spacial score (nSPS) is 15.4. The number of hydrogen-bond donors (Lipinski definition) is 2. The summed E-state index contributed by atoms with van der Waals surface area (Å²) >= 11 is 0. The molecule has 0 aliphatic carbocycles. The summed E-state index contributed by atoms with van der Waals surface area (Å²) in [5.41, 5.74) is 5.57. The zero-order chi connectivity index (χ0) is 24.5. The first-order valence-electron chi connectivity index (χ1n) is 11.7. The molecule has 2 heterocycles. The van der Waals surface area contributed by atoms with Gasteiger partial charge in [-0.1, -0.05) is 42.8 Å². The molecule has 0 spiro atoms. The van der Waals surface area contributed by atoms with Gasteiger partial charge in [0.25, 0.3) is 0 Å². The number of hydrazone groups is 1. The first kappa shape index (κ1) is 22.4. The van der Waals surface area contributed by atoms with Gasteiger partial charge in [-0.15, -0.1) is 5.10 Å². The number of amides is 1. The quantitative estimate of drug-likeness (QED) is 0.380. The molecule has 0 saturated heterocycles. The van der Waals surface area contributed by atoms with E-state index in [0.29, 0.717) is 17.9 Å². The number of carbonyl (C=O) groups excluding carboxylic acids is 2. The van der Waals surface area contributed by atoms with Crippen molar-refractivity contribution >= 4 is 45.5 Å². The van der Waals surface area contributed by atoms with Gasteiger partial charge in [0.15, 0.2) is 17.8 Å². The van der Waals surface area contributed by atoms with E-state index in [1.807, 2.05) is 96.7 Å². The van der Waals surface area contributed by atoms with E-state index in [-0.39, 0.29) is 17.9 Å². The Bertz CT molecular complexity index is 1420. The highest BCUT2D eigenvalue weighted by atomic mass is 16.1. The fourth-order valence-electron chi connectivity index (χ4n) is 4.36. The molecule has 0 bridgehead atoms. The molecule has 1 amide bonds. The van der Waals surface area contributed by atoms with E-state index < -0.39 is 0 Å². The van der Waals surface area contributed by atoms with E-state index in [4.69, 9.17) is 5.10 Å². The van der Waals surface area contributed by atoms with Gasteiger partial charge in [-0.2, -0.15) is 0 Å². The van der Waals surface area contributed by atoms with Crippen molar-refractivity contribution < 1.29 is 9.59 Å². The number of rotatable bonds is 6. The van der Waals surface area contributed by atoms with Crippen LogP contribution in [-0.2, 0) is 9.59 Å². The third kappa shape index (κ3) is 4.17. The van der Waals surface area contributed by atoms with Crippen LogP contribution in [0.25, 0.3) is 10.9 Å². The first-order chi connectivity index (χ1) is 17.0. The maximum absolute atomic E-state index is 12.8. The summed E-state index contributed by atoms with van der Waals surface area (Å²) < 4.78 is 0. The molecule has 35 heavy (non-hydrogen) atoms. The van der Waals surface area contributed by atoms with E-state index in [2.05, 4.69) is 16.4 Å². The lowest BCUT2D eigenvalue weighted by molar-refractivity contribution is -0.116. The predicted octanol–water partition coefficient (Wildman–Crippen LogP) is 5.75. The number of anilines is 3. The summed E-state index contributed by atoms with van der Waals surface area (Å²) in [7, 11) is 0. The zero-order valence-corrected chi connectivity index (χ0v) is 19.9. The van der Waals surface area contributed by atoms with Gasteiger partial charge in [0.05, 0.1) is 5.69 Å². The van der Waals surface area contributed by atoms with E-state index in [1.54, 1.807) is 0 Å². The number of carbonyl (C=O) groups is 2. The van der Waals surface area contributed by atoms with E-state index in [1.165, 1.54) is 6.92 Å². The molecule has 1 aliphatic heterocycles. The van der Waals surface area contributed by atoms with Gasteiger partial charge in [0, 0.05) is 47.4 Å². The van der Waals surface area contributed by atoms with Gasteiger partial charge in [0.1, 0.15) is 0 Å². The van der Waals surface area contributed by atoms with Crippen molar-refractivity contribution in [3.8, 4) is 0 Å². The molecule has 176 valence electrons. The zero-order valence-electron chi connectivity index (χ0n) is 19.9. The highest BCUT2D eigenvalue weighted by molar-refractivity contribution is 6.44. The summed E-state index contributed by atoms with van der Waals surface area (Å²) in [5, 5.41) is 10.7. The molecule has 1 unspecified atom stereocenters. The van der Waals surface area contributed by atoms with Crippen molar-refractivity contribution in [2.24, 2.45) is 5.10 Å². The number of fused-ring (bicyclic) bond motifs is 1. The molecule has 4 aromatic rings. The standard InChI is InChI=1S/C28H27N5O2/c1-4-26(35)30-20-11-15-21(16-12-20)32-27(19(3)34)31-33(22-13-9-18(2)10-14-22)28(32)24-17-29-25-8-6-5-7-23(24)25/h5-17,28-29H,4H2,1-3H3,(H,30,35). The minimum atomic E-state index is -0.385. The van der Waals surface area contributed by atoms with Crippen molar-refractivity contribution in [2.45, 2.75) is 33.4 Å². The minimum absolute atomic E-state index is 0.0490. The van der Waals surface area contributed by atoms with Gasteiger partial charge in [-0.25, -0.2) is 5.01 Å². The van der Waals surface area contributed by atoms with Crippen LogP contribution in [0.15, 0.2) is 84.1 Å². The third-order valence-electron chi connectivity index (χ3n) is 6.17. The molecular formula is C28H27N5O2. The predicted molar refractivity (Wildman–Crippen MR) is 141 cm³/mol. The lowest BCUT2D eigenvalue weighted by Gasteiger charge is -2.31. The number of amidine groups is 1. The smallest absolute Gasteiger partial charge is 0.224 e. The highest BCUT2D eigenvalue weighted by Gasteiger charge is 2.40. The molecule has 5 rings (SSSR count). The first-order valence-corrected chi connectivity index (χ1v) is 11.7. The number of para-hydroxylation sites is 1. The van der Waals surface area contributed by atoms with E-state index >= 15 is 0 Å². The number of aryl methyl sites for hydroxylation is 1. The largest absolute Gasteiger partial charge is 0.361 e. The second-order valence-corrected chi connectivity index (χ2v) is 8.64. The molecule has 7 nitrogen and oxygen atoms in total. The van der Waals surface area contributed by atoms with Crippen LogP contribution in [0.4, 0.5) is 17.1 Å². The lowest BCUT2D eigenvalue weighted by atomic mass is 10.1. The molecule has 3 aromatic carbocycles. The summed E-state index contributed by atoms with van der Waals surface area (Å²) in [6.45, 7) is 5.39. The van der Waals surface area contributed by atoms with Crippen LogP contribution < -0.4 is 15.2 Å². The summed E-state index contributed by atoms with van der Waals surface area (Å²) in [6, 6.07) is 23.7. The number of aromatic nitrogens is 1. The molecule has 1 aromatic heterocycles. The van der Waals surface area contributed by atoms with Crippen LogP contribution >= 0.6 is 0 Å². The van der Waals surface area contributed by atoms with Gasteiger partial charge in [-0.3, -0.25) is 14.5 Å². The SMILES string of the molecule is CCC(=O)Nc1ccc(N2C(C(C)=O)=NN(c3ccc(C)cc3)C2c2c[nH]c3ccccc23)cc1. The summed E-state index contributed by atoms with van der Waals surface area (Å²) in [6.07, 6.45) is 2.00. The highest BCUT2D eigenvalue weighted by Crippen LogP contribution is 2.41. The Morgan fingerprint density at radius 2 is 1.66 bits per heavy atom. The van der Waals surface area contributed by atoms with Gasteiger partial charge in [0.2, 0.25) is 5.91 Å². The number of nitrogens with one attached hydrogen (secondary N) is 2. The molecule has 0 fully saturated rings. The third-order valence-corrected chi connectivity index (χ3v) is 6.17. The Labute approximate surface area is 204 Å². The number of nitrogens with zero attached hydrogens (tertiary/aromatic N) is 3. The number of aromatic amines is 1. The molecular weight excluding hydrogens is 438 g/mol. The van der Waals surface area contributed by atoms with Crippen LogP contribution in [-0.4, -0.2) is 22.5 Å². The lowest BCUT2D eigenvalue weighted by Crippen LogP contribution is -2.37. The van der Waals surface area contributed by atoms with Crippen molar-refractivity contribution in [1.29, 1.82) is 0 Å². The fourth-order valence-corrected chi connectivity index (χ4v) is 4.36. The molecule has 7 heteroatoms. The van der Waals surface area contributed by atoms with Crippen molar-refractivity contribution in [2.75, 3.05) is 15.2 Å². The van der Waals surface area contributed by atoms with Gasteiger partial charge in [-0.05, 0) is 49.4 Å². The Hall–Kier alpha value is -4.39. The number of H-pyrrole nitrogens is 1. The summed E-state index contributed by atoms with van der Waals surface area (Å²) in [4.78, 5) is 30.0. The number of Topliss-reactive ketones (excluding diaryl/α,β-unsaturated/α-hetero) is 1. The minimum Gasteiger partial charge on any atom is -0.361 e. The maximum Gasteiger partial charge on any atom is 0.224 e. The van der Waals surface area contributed by atoms with Crippen molar-refractivity contribution in [1.82, 2.24) is 4.98 Å². The van der Waals surface area contributed by atoms with Crippen molar-refractivity contribution in [3.63, 3.8) is 0 Å². The number of benzene rings is 3. The monoisotopic (exact) mass is 465 g/mol. The van der Waals surface area contributed by atoms with E-state index in [9.17, 15) is 9.59 Å². The molecule has 2 N–H and O–H groups in total. The Morgan fingerprint density at radius 1 is 0.971 bits per heavy atom. The second-order valence-electron chi connectivity index (χ2n) is 8.64. The van der Waals surface area contributed by atoms with E-state index in [0.717, 1.165) is 33.4 Å². The van der Waals surface area contributed by atoms with Gasteiger partial charge >= 0.3 is 0 Å². The van der Waals surface area contributed by atoms with Crippen molar-refractivity contribution in [3.05, 3.63) is 90.1 Å². The summed E-state index contributed by atoms with van der Waals surface area (Å²) in [5.74, 6) is 0.172. The van der Waals surface area contributed by atoms with Gasteiger partial charge < -0.3 is 10.3 Å². The fraction of sp³-hybridized carbons (Fsp3) is 0.179. The number of ketones is 1. The van der Waals surface area contributed by atoms with Crippen LogP contribution in [0.3, 0.4) is 0 Å². The van der Waals surface area contributed by atoms with Crippen LogP contribution in [0, 0.1) is 6.92 Å². The average molecular weight is 466 g/mol.